The quantitative estimate of drug-likeness (QED) is 0.578. The summed E-state index contributed by atoms with van der Waals surface area (Å²) in [6.07, 6.45) is -1.73. The van der Waals surface area contributed by atoms with Gasteiger partial charge in [-0.05, 0) is 30.3 Å². The predicted octanol–water partition coefficient (Wildman–Crippen LogP) is 2.36. The number of nitrogens with one attached hydrogen (secondary N) is 3. The summed E-state index contributed by atoms with van der Waals surface area (Å²) < 4.78 is 38.9. The van der Waals surface area contributed by atoms with Crippen molar-refractivity contribution in [3.63, 3.8) is 0 Å². The average molecular weight is 485 g/mol. The van der Waals surface area contributed by atoms with Gasteiger partial charge in [-0.15, -0.1) is 0 Å². The van der Waals surface area contributed by atoms with Crippen molar-refractivity contribution in [2.24, 2.45) is 0 Å². The number of alkyl halides is 3. The van der Waals surface area contributed by atoms with Crippen LogP contribution in [0.15, 0.2) is 42.7 Å². The van der Waals surface area contributed by atoms with Crippen LogP contribution in [0.2, 0.25) is 5.02 Å². The molecule has 1 fully saturated rings. The number of aromatic nitrogens is 1. The van der Waals surface area contributed by atoms with E-state index in [2.05, 4.69) is 21.2 Å². The van der Waals surface area contributed by atoms with Crippen LogP contribution in [0.4, 0.5) is 23.7 Å². The van der Waals surface area contributed by atoms with Crippen LogP contribution in [0.5, 0.6) is 0 Å². The van der Waals surface area contributed by atoms with Gasteiger partial charge in [0.15, 0.2) is 0 Å². The van der Waals surface area contributed by atoms with E-state index in [0.717, 1.165) is 12.1 Å². The lowest BCUT2D eigenvalue weighted by Gasteiger charge is -2.34. The summed E-state index contributed by atoms with van der Waals surface area (Å²) in [5.41, 5.74) is 3.93. The summed E-state index contributed by atoms with van der Waals surface area (Å²) in [6.45, 7) is 1.27. The number of nitrogens with zero attached hydrogens (tertiary/aromatic N) is 3. The van der Waals surface area contributed by atoms with Crippen molar-refractivity contribution >= 4 is 35.1 Å². The van der Waals surface area contributed by atoms with E-state index in [1.165, 1.54) is 35.5 Å². The molecule has 0 bridgehead atoms. The predicted molar refractivity (Wildman–Crippen MR) is 113 cm³/mol. The standard InChI is InChI=1S/C20H20ClF3N6O3/c21-16-2-1-14(11-15(16)20(22,23)24)26-17(31)12-29-7-9-30(10-8-29)19(33)28-27-18(32)13-3-5-25-6-4-13/h1-6,11H,7-10,12H2,(H,26,31)(H,27,32)(H,28,33). The van der Waals surface area contributed by atoms with E-state index in [-0.39, 0.29) is 12.2 Å². The van der Waals surface area contributed by atoms with Gasteiger partial charge < -0.3 is 10.2 Å². The van der Waals surface area contributed by atoms with Crippen LogP contribution in [0.3, 0.4) is 0 Å². The molecule has 0 saturated carbocycles. The third-order valence-corrected chi connectivity index (χ3v) is 5.14. The highest BCUT2D eigenvalue weighted by molar-refractivity contribution is 6.31. The second-order valence-electron chi connectivity index (χ2n) is 7.12. The summed E-state index contributed by atoms with van der Waals surface area (Å²) in [4.78, 5) is 43.5. The Labute approximate surface area is 191 Å². The van der Waals surface area contributed by atoms with E-state index in [1.807, 2.05) is 0 Å². The number of hydrogen-bond donors (Lipinski definition) is 3. The third kappa shape index (κ3) is 6.80. The smallest absolute Gasteiger partial charge is 0.325 e. The fraction of sp³-hybridized carbons (Fsp3) is 0.300. The second kappa shape index (κ2) is 10.5. The molecule has 0 spiro atoms. The number of benzene rings is 1. The number of piperazine rings is 1. The number of rotatable bonds is 4. The summed E-state index contributed by atoms with van der Waals surface area (Å²) in [5, 5.41) is 1.98. The molecule has 1 aliphatic rings. The SMILES string of the molecule is O=C(CN1CCN(C(=O)NNC(=O)c2ccncc2)CC1)Nc1ccc(Cl)c(C(F)(F)F)c1. The van der Waals surface area contributed by atoms with E-state index in [1.54, 1.807) is 4.90 Å². The zero-order valence-corrected chi connectivity index (χ0v) is 17.9. The number of amides is 4. The van der Waals surface area contributed by atoms with E-state index >= 15 is 0 Å². The second-order valence-corrected chi connectivity index (χ2v) is 7.53. The average Bonchev–Trinajstić information content (AvgIpc) is 2.78. The number of anilines is 1. The molecule has 1 saturated heterocycles. The summed E-state index contributed by atoms with van der Waals surface area (Å²) in [6, 6.07) is 5.65. The zero-order valence-electron chi connectivity index (χ0n) is 17.2. The van der Waals surface area contributed by atoms with Crippen molar-refractivity contribution in [2.45, 2.75) is 6.18 Å². The zero-order chi connectivity index (χ0) is 24.0. The minimum Gasteiger partial charge on any atom is -0.325 e. The number of hydrogen-bond acceptors (Lipinski definition) is 5. The Hall–Kier alpha value is -3.38. The molecule has 0 aliphatic carbocycles. The number of urea groups is 1. The Morgan fingerprint density at radius 2 is 1.67 bits per heavy atom. The molecule has 0 atom stereocenters. The van der Waals surface area contributed by atoms with Crippen molar-refractivity contribution in [1.82, 2.24) is 25.6 Å². The topological polar surface area (TPSA) is 107 Å². The molecule has 1 aromatic heterocycles. The van der Waals surface area contributed by atoms with Crippen molar-refractivity contribution in [1.29, 1.82) is 0 Å². The number of halogens is 4. The molecule has 176 valence electrons. The van der Waals surface area contributed by atoms with E-state index in [9.17, 15) is 27.6 Å². The molecule has 2 heterocycles. The van der Waals surface area contributed by atoms with Crippen LogP contribution in [0.25, 0.3) is 0 Å². The maximum absolute atomic E-state index is 13.0. The minimum absolute atomic E-state index is 0.0142. The lowest BCUT2D eigenvalue weighted by molar-refractivity contribution is -0.137. The van der Waals surface area contributed by atoms with Gasteiger partial charge in [-0.1, -0.05) is 11.6 Å². The van der Waals surface area contributed by atoms with Crippen molar-refractivity contribution in [3.8, 4) is 0 Å². The van der Waals surface area contributed by atoms with Crippen LogP contribution in [0.1, 0.15) is 15.9 Å². The molecule has 4 amide bonds. The molecule has 13 heteroatoms. The first-order valence-electron chi connectivity index (χ1n) is 9.78. The molecular formula is C20H20ClF3N6O3. The van der Waals surface area contributed by atoms with Gasteiger partial charge in [0.1, 0.15) is 0 Å². The third-order valence-electron chi connectivity index (χ3n) is 4.81. The molecule has 0 unspecified atom stereocenters. The van der Waals surface area contributed by atoms with Gasteiger partial charge in [0.05, 0.1) is 17.1 Å². The minimum atomic E-state index is -4.63. The first-order valence-corrected chi connectivity index (χ1v) is 10.2. The van der Waals surface area contributed by atoms with Gasteiger partial charge >= 0.3 is 12.2 Å². The molecule has 1 aliphatic heterocycles. The van der Waals surface area contributed by atoms with E-state index < -0.39 is 34.6 Å². The maximum Gasteiger partial charge on any atom is 0.417 e. The Kier molecular flexibility index (Phi) is 7.71. The molecule has 2 aromatic rings. The Morgan fingerprint density at radius 1 is 1.00 bits per heavy atom. The lowest BCUT2D eigenvalue weighted by Crippen LogP contribution is -2.55. The fourth-order valence-electron chi connectivity index (χ4n) is 3.10. The first kappa shape index (κ1) is 24.3. The molecular weight excluding hydrogens is 465 g/mol. The van der Waals surface area contributed by atoms with Crippen molar-refractivity contribution < 1.29 is 27.6 Å². The van der Waals surface area contributed by atoms with Gasteiger partial charge in [0.25, 0.3) is 5.91 Å². The first-order chi connectivity index (χ1) is 15.6. The Balaban J connectivity index is 1.43. The maximum atomic E-state index is 13.0. The van der Waals surface area contributed by atoms with Gasteiger partial charge in [0, 0.05) is 49.8 Å². The van der Waals surface area contributed by atoms with Crippen LogP contribution >= 0.6 is 11.6 Å². The molecule has 3 N–H and O–H groups in total. The summed E-state index contributed by atoms with van der Waals surface area (Å²) in [5.74, 6) is -0.982. The molecule has 0 radical (unpaired) electrons. The Bertz CT molecular complexity index is 1010. The van der Waals surface area contributed by atoms with Crippen molar-refractivity contribution in [3.05, 3.63) is 58.9 Å². The van der Waals surface area contributed by atoms with Gasteiger partial charge in [-0.25, -0.2) is 10.2 Å². The summed E-state index contributed by atoms with van der Waals surface area (Å²) in [7, 11) is 0. The highest BCUT2D eigenvalue weighted by Gasteiger charge is 2.33. The van der Waals surface area contributed by atoms with Crippen LogP contribution in [-0.4, -0.2) is 65.4 Å². The van der Waals surface area contributed by atoms with Crippen LogP contribution in [0, 0.1) is 0 Å². The highest BCUT2D eigenvalue weighted by atomic mass is 35.5. The van der Waals surface area contributed by atoms with Gasteiger partial charge in [-0.2, -0.15) is 13.2 Å². The fourth-order valence-corrected chi connectivity index (χ4v) is 3.32. The molecule has 1 aromatic carbocycles. The largest absolute Gasteiger partial charge is 0.417 e. The van der Waals surface area contributed by atoms with Gasteiger partial charge in [0.2, 0.25) is 5.91 Å². The monoisotopic (exact) mass is 484 g/mol. The molecule has 3 rings (SSSR count). The Morgan fingerprint density at radius 3 is 2.30 bits per heavy atom. The normalized spacial score (nSPS) is 14.5. The summed E-state index contributed by atoms with van der Waals surface area (Å²) >= 11 is 5.58. The van der Waals surface area contributed by atoms with Crippen LogP contribution in [-0.2, 0) is 11.0 Å². The number of pyridine rings is 1. The van der Waals surface area contributed by atoms with Crippen LogP contribution < -0.4 is 16.2 Å². The molecule has 33 heavy (non-hydrogen) atoms. The number of carbonyl (C=O) groups excluding carboxylic acids is 3. The van der Waals surface area contributed by atoms with E-state index in [4.69, 9.17) is 11.6 Å². The molecule has 9 nitrogen and oxygen atoms in total. The van der Waals surface area contributed by atoms with E-state index in [0.29, 0.717) is 31.7 Å². The number of carbonyl (C=O) groups is 3. The van der Waals surface area contributed by atoms with Gasteiger partial charge in [-0.3, -0.25) is 24.9 Å². The number of hydrazine groups is 1. The van der Waals surface area contributed by atoms with Crippen molar-refractivity contribution in [2.75, 3.05) is 38.0 Å². The highest BCUT2D eigenvalue weighted by Crippen LogP contribution is 2.36. The lowest BCUT2D eigenvalue weighted by atomic mass is 10.2.